The van der Waals surface area contributed by atoms with Crippen LogP contribution < -0.4 is 9.47 Å². The van der Waals surface area contributed by atoms with Gasteiger partial charge in [0.25, 0.3) is 5.91 Å². The molecule has 158 valence electrons. The summed E-state index contributed by atoms with van der Waals surface area (Å²) in [4.78, 5) is 14.8. The Kier molecular flexibility index (Phi) is 6.51. The third kappa shape index (κ3) is 4.51. The number of nitrogens with zero attached hydrogens (tertiary/aromatic N) is 3. The lowest BCUT2D eigenvalue weighted by atomic mass is 10.1. The molecule has 2 aromatic rings. The third-order valence-electron chi connectivity index (χ3n) is 5.29. The normalized spacial score (nSPS) is 12.9. The van der Waals surface area contributed by atoms with Crippen molar-refractivity contribution in [1.82, 2.24) is 9.47 Å². The molecule has 1 aromatic carbocycles. The topological polar surface area (TPSA) is 67.5 Å². The number of aromatic nitrogens is 1. The zero-order chi connectivity index (χ0) is 21.8. The molecule has 1 aliphatic rings. The number of nitriles is 1. The average molecular weight is 408 g/mol. The predicted octanol–water partition coefficient (Wildman–Crippen LogP) is 4.45. The van der Waals surface area contributed by atoms with Gasteiger partial charge in [0.2, 0.25) is 6.79 Å². The Hall–Kier alpha value is -3.20. The number of ether oxygens (including phenoxy) is 2. The van der Waals surface area contributed by atoms with E-state index >= 15 is 0 Å². The Morgan fingerprint density at radius 2 is 2.00 bits per heavy atom. The fourth-order valence-electron chi connectivity index (χ4n) is 3.67. The van der Waals surface area contributed by atoms with Crippen molar-refractivity contribution >= 4 is 12.0 Å². The molecule has 30 heavy (non-hydrogen) atoms. The van der Waals surface area contributed by atoms with E-state index in [2.05, 4.69) is 31.4 Å². The highest BCUT2D eigenvalue weighted by atomic mass is 16.7. The van der Waals surface area contributed by atoms with E-state index < -0.39 is 0 Å². The van der Waals surface area contributed by atoms with Crippen LogP contribution in [0.2, 0.25) is 0 Å². The summed E-state index contributed by atoms with van der Waals surface area (Å²) < 4.78 is 13.0. The molecular formula is C24H29N3O3. The molecule has 0 radical (unpaired) electrons. The molecule has 1 amide bonds. The number of carbonyl (C=O) groups is 1. The van der Waals surface area contributed by atoms with Crippen LogP contribution in [0.4, 0.5) is 0 Å². The first-order valence-corrected chi connectivity index (χ1v) is 10.3. The Morgan fingerprint density at radius 3 is 2.67 bits per heavy atom. The number of hydrogen-bond donors (Lipinski definition) is 0. The molecule has 0 saturated carbocycles. The minimum absolute atomic E-state index is 0.141. The summed E-state index contributed by atoms with van der Waals surface area (Å²) in [6.07, 6.45) is 1.71. The Labute approximate surface area is 178 Å². The number of benzene rings is 1. The summed E-state index contributed by atoms with van der Waals surface area (Å²) >= 11 is 0. The minimum atomic E-state index is -0.272. The zero-order valence-corrected chi connectivity index (χ0v) is 18.4. The molecule has 0 N–H and O–H groups in total. The molecule has 3 rings (SSSR count). The van der Waals surface area contributed by atoms with Gasteiger partial charge in [0, 0.05) is 31.0 Å². The molecule has 0 unspecified atom stereocenters. The van der Waals surface area contributed by atoms with Gasteiger partial charge in [-0.3, -0.25) is 4.79 Å². The first kappa shape index (κ1) is 21.5. The maximum absolute atomic E-state index is 13.1. The highest BCUT2D eigenvalue weighted by Crippen LogP contribution is 2.33. The maximum Gasteiger partial charge on any atom is 0.264 e. The van der Waals surface area contributed by atoms with Crippen molar-refractivity contribution in [3.8, 4) is 17.6 Å². The van der Waals surface area contributed by atoms with Crippen LogP contribution in [-0.4, -0.2) is 28.7 Å². The van der Waals surface area contributed by atoms with Crippen molar-refractivity contribution in [1.29, 1.82) is 5.26 Å². The number of amides is 1. The Morgan fingerprint density at radius 1 is 1.27 bits per heavy atom. The molecule has 1 aliphatic heterocycles. The van der Waals surface area contributed by atoms with Gasteiger partial charge < -0.3 is 18.9 Å². The number of aryl methyl sites for hydroxylation is 1. The summed E-state index contributed by atoms with van der Waals surface area (Å²) in [5, 5.41) is 9.70. The number of rotatable bonds is 7. The van der Waals surface area contributed by atoms with Gasteiger partial charge in [-0.1, -0.05) is 19.9 Å². The van der Waals surface area contributed by atoms with Crippen LogP contribution in [0.25, 0.3) is 6.08 Å². The lowest BCUT2D eigenvalue weighted by Gasteiger charge is -2.20. The predicted molar refractivity (Wildman–Crippen MR) is 116 cm³/mol. The molecule has 0 fully saturated rings. The maximum atomic E-state index is 13.1. The second-order valence-corrected chi connectivity index (χ2v) is 8.01. The van der Waals surface area contributed by atoms with Crippen LogP contribution in [0, 0.1) is 31.1 Å². The van der Waals surface area contributed by atoms with Crippen molar-refractivity contribution in [2.45, 2.75) is 47.7 Å². The summed E-state index contributed by atoms with van der Waals surface area (Å²) in [5.74, 6) is 1.64. The Balaban J connectivity index is 1.83. The van der Waals surface area contributed by atoms with Crippen LogP contribution in [0.15, 0.2) is 29.8 Å². The van der Waals surface area contributed by atoms with Gasteiger partial charge in [0.1, 0.15) is 11.6 Å². The van der Waals surface area contributed by atoms with Crippen molar-refractivity contribution in [2.24, 2.45) is 5.92 Å². The van der Waals surface area contributed by atoms with E-state index in [4.69, 9.17) is 9.47 Å². The molecule has 0 spiro atoms. The van der Waals surface area contributed by atoms with Crippen molar-refractivity contribution < 1.29 is 14.3 Å². The summed E-state index contributed by atoms with van der Waals surface area (Å²) in [5.41, 5.74) is 4.19. The summed E-state index contributed by atoms with van der Waals surface area (Å²) in [6.45, 7) is 12.4. The van der Waals surface area contributed by atoms with Crippen molar-refractivity contribution in [3.05, 3.63) is 52.4 Å². The molecule has 0 aliphatic carbocycles. The lowest BCUT2D eigenvalue weighted by molar-refractivity contribution is -0.127. The van der Waals surface area contributed by atoms with E-state index in [0.29, 0.717) is 30.5 Å². The highest BCUT2D eigenvalue weighted by Gasteiger charge is 2.20. The van der Waals surface area contributed by atoms with Gasteiger partial charge in [-0.2, -0.15) is 5.26 Å². The SMILES string of the molecule is CCN(Cc1ccc2c(c1)OCO2)C(=O)/C(C#N)=C\c1cc(C)n(CC(C)C)c1C. The number of fused-ring (bicyclic) bond motifs is 1. The van der Waals surface area contributed by atoms with Gasteiger partial charge in [-0.25, -0.2) is 0 Å². The summed E-state index contributed by atoms with van der Waals surface area (Å²) in [6, 6.07) is 9.79. The molecule has 0 saturated heterocycles. The first-order valence-electron chi connectivity index (χ1n) is 10.3. The van der Waals surface area contributed by atoms with Gasteiger partial charge in [0.05, 0.1) is 0 Å². The van der Waals surface area contributed by atoms with E-state index in [0.717, 1.165) is 29.1 Å². The van der Waals surface area contributed by atoms with Crippen molar-refractivity contribution in [2.75, 3.05) is 13.3 Å². The average Bonchev–Trinajstić information content (AvgIpc) is 3.28. The first-order chi connectivity index (χ1) is 14.3. The van der Waals surface area contributed by atoms with E-state index in [9.17, 15) is 10.1 Å². The largest absolute Gasteiger partial charge is 0.454 e. The molecule has 0 atom stereocenters. The molecular weight excluding hydrogens is 378 g/mol. The molecule has 1 aromatic heterocycles. The van der Waals surface area contributed by atoms with Crippen LogP contribution in [0.1, 0.15) is 43.3 Å². The highest BCUT2D eigenvalue weighted by molar-refractivity contribution is 6.01. The standard InChI is InChI=1S/C24H29N3O3/c1-6-26(14-19-7-8-22-23(10-19)30-15-29-22)24(28)21(12-25)11-20-9-17(4)27(18(20)5)13-16(2)3/h7-11,16H,6,13-15H2,1-5H3/b21-11-. The second-order valence-electron chi connectivity index (χ2n) is 8.01. The van der Waals surface area contributed by atoms with Crippen LogP contribution in [0.5, 0.6) is 11.5 Å². The second kappa shape index (κ2) is 9.08. The van der Waals surface area contributed by atoms with E-state index in [-0.39, 0.29) is 18.3 Å². The van der Waals surface area contributed by atoms with Gasteiger partial charge >= 0.3 is 0 Å². The lowest BCUT2D eigenvalue weighted by Crippen LogP contribution is -2.31. The molecule has 6 nitrogen and oxygen atoms in total. The fourth-order valence-corrected chi connectivity index (χ4v) is 3.67. The van der Waals surface area contributed by atoms with E-state index in [1.807, 2.05) is 38.1 Å². The monoisotopic (exact) mass is 407 g/mol. The number of hydrogen-bond acceptors (Lipinski definition) is 4. The van der Waals surface area contributed by atoms with Gasteiger partial charge in [0.15, 0.2) is 11.5 Å². The van der Waals surface area contributed by atoms with E-state index in [1.165, 1.54) is 0 Å². The fraction of sp³-hybridized carbons (Fsp3) is 0.417. The van der Waals surface area contributed by atoms with Crippen LogP contribution in [-0.2, 0) is 17.9 Å². The van der Waals surface area contributed by atoms with Gasteiger partial charge in [-0.05, 0) is 62.1 Å². The van der Waals surface area contributed by atoms with Gasteiger partial charge in [-0.15, -0.1) is 0 Å². The third-order valence-corrected chi connectivity index (χ3v) is 5.29. The summed E-state index contributed by atoms with van der Waals surface area (Å²) in [7, 11) is 0. The molecule has 6 heteroatoms. The number of carbonyl (C=O) groups excluding carboxylic acids is 1. The zero-order valence-electron chi connectivity index (χ0n) is 18.4. The smallest absolute Gasteiger partial charge is 0.264 e. The Bertz CT molecular complexity index is 1010. The van der Waals surface area contributed by atoms with Crippen LogP contribution >= 0.6 is 0 Å². The number of likely N-dealkylation sites (N-methyl/N-ethyl adjacent to an activating group) is 1. The van der Waals surface area contributed by atoms with E-state index in [1.54, 1.807) is 11.0 Å². The quantitative estimate of drug-likeness (QED) is 0.502. The van der Waals surface area contributed by atoms with Crippen molar-refractivity contribution in [3.63, 3.8) is 0 Å². The molecule has 0 bridgehead atoms. The molecule has 2 heterocycles. The van der Waals surface area contributed by atoms with Crippen LogP contribution in [0.3, 0.4) is 0 Å². The minimum Gasteiger partial charge on any atom is -0.454 e.